The van der Waals surface area contributed by atoms with Gasteiger partial charge in [-0.05, 0) is 25.1 Å². The van der Waals surface area contributed by atoms with Crippen molar-refractivity contribution in [3.8, 4) is 11.6 Å². The molecule has 2 rings (SSSR count). The molecule has 0 radical (unpaired) electrons. The number of nitrogens with zero attached hydrogens (tertiary/aromatic N) is 2. The molecule has 2 aromatic rings. The Bertz CT molecular complexity index is 448. The van der Waals surface area contributed by atoms with Crippen LogP contribution in [0.2, 0.25) is 0 Å². The highest BCUT2D eigenvalue weighted by atomic mass is 16.5. The van der Waals surface area contributed by atoms with E-state index in [9.17, 15) is 0 Å². The van der Waals surface area contributed by atoms with Gasteiger partial charge in [0.1, 0.15) is 0 Å². The second-order valence-electron chi connectivity index (χ2n) is 3.55. The first-order chi connectivity index (χ1) is 7.81. The minimum atomic E-state index is 0.522. The zero-order chi connectivity index (χ0) is 11.4. The number of nitrogens with one attached hydrogen (secondary N) is 1. The van der Waals surface area contributed by atoms with Gasteiger partial charge in [-0.2, -0.15) is 4.98 Å². The highest BCUT2D eigenvalue weighted by Crippen LogP contribution is 2.20. The van der Waals surface area contributed by atoms with Crippen molar-refractivity contribution in [2.75, 3.05) is 13.1 Å². The summed E-state index contributed by atoms with van der Waals surface area (Å²) in [6.07, 6.45) is 2.36. The van der Waals surface area contributed by atoms with Crippen LogP contribution in [0.25, 0.3) is 11.6 Å². The molecule has 0 amide bonds. The maximum Gasteiger partial charge on any atom is 0.238 e. The van der Waals surface area contributed by atoms with Gasteiger partial charge in [0.25, 0.3) is 0 Å². The van der Waals surface area contributed by atoms with E-state index in [0.29, 0.717) is 17.5 Å². The van der Waals surface area contributed by atoms with Crippen LogP contribution in [-0.4, -0.2) is 23.2 Å². The average molecular weight is 221 g/mol. The second-order valence-corrected chi connectivity index (χ2v) is 3.55. The topological polar surface area (TPSA) is 64.1 Å². The molecule has 5 heteroatoms. The third-order valence-corrected chi connectivity index (χ3v) is 2.30. The van der Waals surface area contributed by atoms with Crippen LogP contribution < -0.4 is 5.32 Å². The van der Waals surface area contributed by atoms with Gasteiger partial charge in [0.15, 0.2) is 5.76 Å². The van der Waals surface area contributed by atoms with E-state index in [0.717, 1.165) is 25.1 Å². The Balaban J connectivity index is 2.05. The summed E-state index contributed by atoms with van der Waals surface area (Å²) < 4.78 is 10.4. The van der Waals surface area contributed by atoms with Gasteiger partial charge >= 0.3 is 0 Å². The number of aryl methyl sites for hydroxylation is 1. The average Bonchev–Trinajstić information content (AvgIpc) is 2.87. The van der Waals surface area contributed by atoms with Gasteiger partial charge in [-0.25, -0.2) is 0 Å². The molecule has 0 aliphatic carbocycles. The molecule has 0 bridgehead atoms. The molecule has 0 aliphatic rings. The summed E-state index contributed by atoms with van der Waals surface area (Å²) >= 11 is 0. The SMILES string of the molecule is CCNCCc1nc(-c2occc2C)no1. The van der Waals surface area contributed by atoms with E-state index >= 15 is 0 Å². The van der Waals surface area contributed by atoms with Crippen molar-refractivity contribution in [3.05, 3.63) is 23.8 Å². The second kappa shape index (κ2) is 4.94. The maximum absolute atomic E-state index is 5.29. The molecular weight excluding hydrogens is 206 g/mol. The molecular formula is C11H15N3O2. The molecule has 0 fully saturated rings. The first-order valence-corrected chi connectivity index (χ1v) is 5.39. The predicted octanol–water partition coefficient (Wildman–Crippen LogP) is 1.79. The quantitative estimate of drug-likeness (QED) is 0.780. The molecule has 86 valence electrons. The molecule has 2 aromatic heterocycles. The zero-order valence-electron chi connectivity index (χ0n) is 9.49. The van der Waals surface area contributed by atoms with Gasteiger partial charge in [-0.3, -0.25) is 0 Å². The van der Waals surface area contributed by atoms with E-state index in [1.54, 1.807) is 6.26 Å². The Morgan fingerprint density at radius 2 is 2.31 bits per heavy atom. The van der Waals surface area contributed by atoms with Crippen LogP contribution >= 0.6 is 0 Å². The molecule has 0 spiro atoms. The molecule has 5 nitrogen and oxygen atoms in total. The van der Waals surface area contributed by atoms with Crippen LogP contribution in [-0.2, 0) is 6.42 Å². The van der Waals surface area contributed by atoms with E-state index in [2.05, 4.69) is 22.4 Å². The van der Waals surface area contributed by atoms with E-state index in [4.69, 9.17) is 8.94 Å². The number of hydrogen-bond acceptors (Lipinski definition) is 5. The van der Waals surface area contributed by atoms with Crippen LogP contribution in [0.3, 0.4) is 0 Å². The predicted molar refractivity (Wildman–Crippen MR) is 59.0 cm³/mol. The molecule has 1 N–H and O–H groups in total. The zero-order valence-corrected chi connectivity index (χ0v) is 9.49. The Hall–Kier alpha value is -1.62. The first-order valence-electron chi connectivity index (χ1n) is 5.39. The van der Waals surface area contributed by atoms with Crippen LogP contribution in [0.15, 0.2) is 21.3 Å². The van der Waals surface area contributed by atoms with E-state index in [1.165, 1.54) is 0 Å². The van der Waals surface area contributed by atoms with Gasteiger partial charge < -0.3 is 14.3 Å². The molecule has 2 heterocycles. The third-order valence-electron chi connectivity index (χ3n) is 2.30. The number of aromatic nitrogens is 2. The molecule has 0 aliphatic heterocycles. The molecule has 0 saturated carbocycles. The largest absolute Gasteiger partial charge is 0.461 e. The van der Waals surface area contributed by atoms with Gasteiger partial charge in [-0.15, -0.1) is 0 Å². The lowest BCUT2D eigenvalue weighted by Crippen LogP contribution is -2.16. The Morgan fingerprint density at radius 3 is 3.00 bits per heavy atom. The summed E-state index contributed by atoms with van der Waals surface area (Å²) in [4.78, 5) is 4.27. The van der Waals surface area contributed by atoms with Crippen molar-refractivity contribution in [1.82, 2.24) is 15.5 Å². The smallest absolute Gasteiger partial charge is 0.238 e. The van der Waals surface area contributed by atoms with Crippen molar-refractivity contribution in [1.29, 1.82) is 0 Å². The number of likely N-dealkylation sites (N-methyl/N-ethyl adjacent to an activating group) is 1. The standard InChI is InChI=1S/C11H15N3O2/c1-3-12-6-4-9-13-11(14-16-9)10-8(2)5-7-15-10/h5,7,12H,3-4,6H2,1-2H3. The molecule has 0 unspecified atom stereocenters. The lowest BCUT2D eigenvalue weighted by atomic mass is 10.3. The van der Waals surface area contributed by atoms with Crippen molar-refractivity contribution >= 4 is 0 Å². The van der Waals surface area contributed by atoms with E-state index in [1.807, 2.05) is 13.0 Å². The van der Waals surface area contributed by atoms with E-state index < -0.39 is 0 Å². The lowest BCUT2D eigenvalue weighted by Gasteiger charge is -1.95. The van der Waals surface area contributed by atoms with E-state index in [-0.39, 0.29) is 0 Å². The van der Waals surface area contributed by atoms with Crippen LogP contribution in [0.1, 0.15) is 18.4 Å². The highest BCUT2D eigenvalue weighted by Gasteiger charge is 2.13. The summed E-state index contributed by atoms with van der Waals surface area (Å²) in [5, 5.41) is 7.09. The number of hydrogen-bond donors (Lipinski definition) is 1. The maximum atomic E-state index is 5.29. The minimum absolute atomic E-state index is 0.522. The Morgan fingerprint density at radius 1 is 1.44 bits per heavy atom. The molecule has 0 atom stereocenters. The monoisotopic (exact) mass is 221 g/mol. The van der Waals surface area contributed by atoms with Crippen molar-refractivity contribution in [2.24, 2.45) is 0 Å². The van der Waals surface area contributed by atoms with Crippen LogP contribution in [0.4, 0.5) is 0 Å². The van der Waals surface area contributed by atoms with Crippen LogP contribution in [0.5, 0.6) is 0 Å². The van der Waals surface area contributed by atoms with Crippen LogP contribution in [0, 0.1) is 6.92 Å². The van der Waals surface area contributed by atoms with Crippen molar-refractivity contribution < 1.29 is 8.94 Å². The van der Waals surface area contributed by atoms with Gasteiger partial charge in [0.05, 0.1) is 6.26 Å². The minimum Gasteiger partial charge on any atom is -0.461 e. The fourth-order valence-corrected chi connectivity index (χ4v) is 1.42. The van der Waals surface area contributed by atoms with Gasteiger partial charge in [-0.1, -0.05) is 12.1 Å². The fraction of sp³-hybridized carbons (Fsp3) is 0.455. The summed E-state index contributed by atoms with van der Waals surface area (Å²) in [6.45, 7) is 5.80. The summed E-state index contributed by atoms with van der Waals surface area (Å²) in [5.41, 5.74) is 1.01. The van der Waals surface area contributed by atoms with Crippen molar-refractivity contribution in [2.45, 2.75) is 20.3 Å². The summed E-state index contributed by atoms with van der Waals surface area (Å²) in [6, 6.07) is 1.88. The summed E-state index contributed by atoms with van der Waals surface area (Å²) in [5.74, 6) is 1.83. The summed E-state index contributed by atoms with van der Waals surface area (Å²) in [7, 11) is 0. The molecule has 16 heavy (non-hydrogen) atoms. The lowest BCUT2D eigenvalue weighted by molar-refractivity contribution is 0.375. The highest BCUT2D eigenvalue weighted by molar-refractivity contribution is 5.50. The number of furan rings is 1. The third kappa shape index (κ3) is 2.30. The van der Waals surface area contributed by atoms with Gasteiger partial charge in [0.2, 0.25) is 11.7 Å². The van der Waals surface area contributed by atoms with Crippen molar-refractivity contribution in [3.63, 3.8) is 0 Å². The normalized spacial score (nSPS) is 10.9. The Labute approximate surface area is 93.8 Å². The Kier molecular flexibility index (Phi) is 3.36. The molecule has 0 saturated heterocycles. The van der Waals surface area contributed by atoms with Gasteiger partial charge in [0, 0.05) is 13.0 Å². The molecule has 0 aromatic carbocycles. The fourth-order valence-electron chi connectivity index (χ4n) is 1.42. The first kappa shape index (κ1) is 10.9. The number of rotatable bonds is 5.